The van der Waals surface area contributed by atoms with Crippen molar-refractivity contribution in [3.8, 4) is 0 Å². The second-order valence-corrected chi connectivity index (χ2v) is 13.0. The smallest absolute Gasteiger partial charge is 0.249 e. The van der Waals surface area contributed by atoms with Gasteiger partial charge in [-0.15, -0.1) is 0 Å². The Bertz CT molecular complexity index is 1100. The van der Waals surface area contributed by atoms with Gasteiger partial charge in [0.1, 0.15) is 79.7 Å². The van der Waals surface area contributed by atoms with Gasteiger partial charge < -0.3 is 88.1 Å². The zero-order chi connectivity index (χ0) is 41.0. The van der Waals surface area contributed by atoms with E-state index >= 15 is 0 Å². The van der Waals surface area contributed by atoms with Gasteiger partial charge in [-0.3, -0.25) is 14.4 Å². The Balaban J connectivity index is 0.000000879. The van der Waals surface area contributed by atoms with Crippen LogP contribution in [0.25, 0.3) is 0 Å². The molecule has 0 radical (unpaired) electrons. The van der Waals surface area contributed by atoms with Crippen LogP contribution in [0.4, 0.5) is 0 Å². The summed E-state index contributed by atoms with van der Waals surface area (Å²) in [4.78, 5) is 31.8. The number of rotatable bonds is 16. The fraction of sp³-hybridized carbons (Fsp3) is 0.794. The van der Waals surface area contributed by atoms with E-state index in [9.17, 15) is 55.2 Å². The van der Waals surface area contributed by atoms with Crippen LogP contribution in [0.2, 0.25) is 0 Å². The van der Waals surface area contributed by atoms with E-state index in [0.717, 1.165) is 38.3 Å². The fourth-order valence-corrected chi connectivity index (χ4v) is 5.70. The average molecular weight is 782 g/mol. The first kappa shape index (κ1) is 49.7. The van der Waals surface area contributed by atoms with Crippen molar-refractivity contribution in [1.29, 1.82) is 0 Å². The molecule has 2 heterocycles. The first-order chi connectivity index (χ1) is 25.7. The molecule has 3 aliphatic rings. The Morgan fingerprint density at radius 3 is 1.83 bits per heavy atom. The maximum atomic E-state index is 12.6. The minimum absolute atomic E-state index is 0.0101. The van der Waals surface area contributed by atoms with Gasteiger partial charge in [0.25, 0.3) is 0 Å². The highest BCUT2D eigenvalue weighted by atomic mass is 16.7. The molecule has 54 heavy (non-hydrogen) atoms. The normalized spacial score (nSPS) is 37.4. The number of amides is 1. The van der Waals surface area contributed by atoms with E-state index in [0.29, 0.717) is 0 Å². The summed E-state index contributed by atoms with van der Waals surface area (Å²) < 4.78 is 22.5. The summed E-state index contributed by atoms with van der Waals surface area (Å²) >= 11 is 0. The molecule has 314 valence electrons. The zero-order valence-electron chi connectivity index (χ0n) is 30.8. The van der Waals surface area contributed by atoms with Crippen molar-refractivity contribution in [2.24, 2.45) is 22.9 Å². The molecular formula is C34H63N5O15. The van der Waals surface area contributed by atoms with Crippen molar-refractivity contribution in [3.63, 3.8) is 0 Å². The molecule has 16 atom stereocenters. The van der Waals surface area contributed by atoms with Crippen LogP contribution in [0.5, 0.6) is 0 Å². The molecule has 1 saturated carbocycles. The predicted octanol–water partition coefficient (Wildman–Crippen LogP) is -5.34. The average Bonchev–Trinajstić information content (AvgIpc) is 3.15. The Kier molecular flexibility index (Phi) is 24.4. The second kappa shape index (κ2) is 26.5. The Morgan fingerprint density at radius 2 is 1.33 bits per heavy atom. The number of nitrogens with one attached hydrogen (secondary N) is 1. The number of ether oxygens (including phenoxy) is 4. The third-order valence-corrected chi connectivity index (χ3v) is 8.85. The molecule has 3 fully saturated rings. The lowest BCUT2D eigenvalue weighted by molar-refractivity contribution is -0.332. The maximum absolute atomic E-state index is 12.6. The lowest BCUT2D eigenvalue weighted by atomic mass is 9.83. The summed E-state index contributed by atoms with van der Waals surface area (Å²) in [7, 11) is 0. The fourth-order valence-electron chi connectivity index (χ4n) is 5.70. The van der Waals surface area contributed by atoms with Crippen molar-refractivity contribution in [2.75, 3.05) is 19.7 Å². The monoisotopic (exact) mass is 781 g/mol. The molecule has 2 saturated heterocycles. The molecule has 17 N–H and O–H groups in total. The van der Waals surface area contributed by atoms with Crippen LogP contribution >= 0.6 is 0 Å². The summed E-state index contributed by atoms with van der Waals surface area (Å²) in [6.07, 6.45) is -7.16. The number of aliphatic hydroxyl groups excluding tert-OH is 8. The molecule has 3 rings (SSSR count). The van der Waals surface area contributed by atoms with Gasteiger partial charge in [-0.1, -0.05) is 38.8 Å². The summed E-state index contributed by atoms with van der Waals surface area (Å²) in [5.41, 5.74) is 23.1. The minimum Gasteiger partial charge on any atom is -0.394 e. The molecule has 0 spiro atoms. The number of hydrogen-bond donors (Lipinski definition) is 13. The molecule has 0 aromatic heterocycles. The Morgan fingerprint density at radius 1 is 0.796 bits per heavy atom. The first-order valence-electron chi connectivity index (χ1n) is 18.1. The summed E-state index contributed by atoms with van der Waals surface area (Å²) in [5, 5.41) is 84.9. The Labute approximate surface area is 315 Å². The molecule has 0 bridgehead atoms. The Hall–Kier alpha value is -2.35. The van der Waals surface area contributed by atoms with Crippen molar-refractivity contribution in [1.82, 2.24) is 5.32 Å². The summed E-state index contributed by atoms with van der Waals surface area (Å²) in [6, 6.07) is -3.45. The molecule has 20 nitrogen and oxygen atoms in total. The predicted molar refractivity (Wildman–Crippen MR) is 192 cm³/mol. The van der Waals surface area contributed by atoms with Crippen LogP contribution in [0.1, 0.15) is 52.4 Å². The van der Waals surface area contributed by atoms with E-state index < -0.39 is 110 Å². The number of hydrogen-bond acceptors (Lipinski definition) is 19. The number of carbonyl (C=O) groups is 3. The van der Waals surface area contributed by atoms with Crippen LogP contribution in [0.15, 0.2) is 24.3 Å². The number of unbranched alkanes of at least 4 members (excludes halogenated alkanes) is 2. The SMILES string of the molecule is CCC/C=C/C=O.CCC/C=C/C=O.NCC[C@H](O)C(=O)N[C@@H]1C[C@H](N)[C@@H](O[C@H]2O[C@H](CN)[C@@H](O)[C@H](O)[C@H]2O)[C@H](O)[C@H]1O[C@H]1O[C@H](CO)[C@@H](O)[C@H](N)[C@H]1O. The number of nitrogens with two attached hydrogens (primary N) is 4. The second-order valence-electron chi connectivity index (χ2n) is 13.0. The van der Waals surface area contributed by atoms with Crippen LogP contribution in [-0.2, 0) is 33.3 Å². The molecule has 0 aromatic carbocycles. The topological polar surface area (TPSA) is 366 Å². The molecule has 0 aromatic rings. The van der Waals surface area contributed by atoms with Gasteiger partial charge in [-0.05, 0) is 44.4 Å². The highest BCUT2D eigenvalue weighted by Crippen LogP contribution is 2.32. The largest absolute Gasteiger partial charge is 0.394 e. The number of allylic oxidation sites excluding steroid dienone is 4. The summed E-state index contributed by atoms with van der Waals surface area (Å²) in [5.74, 6) is -0.845. The van der Waals surface area contributed by atoms with Crippen molar-refractivity contribution < 1.29 is 74.2 Å². The molecule has 1 amide bonds. The zero-order valence-corrected chi connectivity index (χ0v) is 30.8. The highest BCUT2D eigenvalue weighted by molar-refractivity contribution is 5.80. The van der Waals surface area contributed by atoms with E-state index in [1.165, 1.54) is 12.2 Å². The third-order valence-electron chi connectivity index (χ3n) is 8.85. The van der Waals surface area contributed by atoms with E-state index in [1.54, 1.807) is 0 Å². The summed E-state index contributed by atoms with van der Waals surface area (Å²) in [6.45, 7) is 3.26. The van der Waals surface area contributed by atoms with Crippen LogP contribution in [0, 0.1) is 0 Å². The van der Waals surface area contributed by atoms with E-state index in [1.807, 2.05) is 12.2 Å². The number of aliphatic hydroxyl groups is 8. The highest BCUT2D eigenvalue weighted by Gasteiger charge is 2.52. The molecule has 1 aliphatic carbocycles. The third kappa shape index (κ3) is 15.0. The van der Waals surface area contributed by atoms with Gasteiger partial charge in [0.2, 0.25) is 5.91 Å². The van der Waals surface area contributed by atoms with Gasteiger partial charge in [0.05, 0.1) is 18.7 Å². The van der Waals surface area contributed by atoms with Crippen LogP contribution < -0.4 is 28.3 Å². The molecule has 0 unspecified atom stereocenters. The van der Waals surface area contributed by atoms with Gasteiger partial charge in [0, 0.05) is 12.6 Å². The standard InChI is InChI=1S/C22H43N5O13.2C6H10O/c23-2-1-8(29)20(36)27-7-3-6(25)18(39-22-16(34)15(33)13(31)9(4-24)37-22)17(35)19(7)40-21-14(32)11(26)12(30)10(5-28)38-21;2*1-2-3-4-5-6-7/h6-19,21-22,28-35H,1-5,23-26H2,(H,27,36);2*4-6H,2-3H2,1H3/b;2*5-4+/t6-,7+,8-,9+,10+,11-,12+,13+,14+,15-,16+,17-,18+,19-,21+,22+;;/m0../s1. The van der Waals surface area contributed by atoms with E-state index in [4.69, 9.17) is 41.9 Å². The molecule has 20 heteroatoms. The quantitative estimate of drug-likeness (QED) is 0.0513. The lowest BCUT2D eigenvalue weighted by Gasteiger charge is -2.49. The number of carbonyl (C=O) groups excluding carboxylic acids is 3. The van der Waals surface area contributed by atoms with E-state index in [-0.39, 0.29) is 25.9 Å². The van der Waals surface area contributed by atoms with E-state index in [2.05, 4.69) is 19.2 Å². The minimum atomic E-state index is -1.76. The molecule has 2 aliphatic heterocycles. The number of aldehydes is 2. The van der Waals surface area contributed by atoms with Crippen molar-refractivity contribution in [2.45, 2.75) is 150 Å². The lowest BCUT2D eigenvalue weighted by Crippen LogP contribution is -2.69. The van der Waals surface area contributed by atoms with Gasteiger partial charge in [0.15, 0.2) is 12.6 Å². The maximum Gasteiger partial charge on any atom is 0.249 e. The van der Waals surface area contributed by atoms with Crippen molar-refractivity contribution >= 4 is 18.5 Å². The molecular weight excluding hydrogens is 718 g/mol. The van der Waals surface area contributed by atoms with Gasteiger partial charge in [-0.25, -0.2) is 0 Å². The van der Waals surface area contributed by atoms with Gasteiger partial charge >= 0.3 is 0 Å². The first-order valence-corrected chi connectivity index (χ1v) is 18.1. The van der Waals surface area contributed by atoms with Crippen LogP contribution in [-0.4, -0.2) is 177 Å². The van der Waals surface area contributed by atoms with Crippen LogP contribution in [0.3, 0.4) is 0 Å². The van der Waals surface area contributed by atoms with Crippen molar-refractivity contribution in [3.05, 3.63) is 24.3 Å². The van der Waals surface area contributed by atoms with Gasteiger partial charge in [-0.2, -0.15) is 0 Å².